The summed E-state index contributed by atoms with van der Waals surface area (Å²) in [5, 5.41) is 3.76. The van der Waals surface area contributed by atoms with E-state index < -0.39 is 0 Å². The molecular formula is C19H27ClN2O2. The van der Waals surface area contributed by atoms with E-state index in [1.54, 1.807) is 12.1 Å². The van der Waals surface area contributed by atoms with Gasteiger partial charge < -0.3 is 10.2 Å². The fraction of sp³-hybridized carbons (Fsp3) is 0.579. The summed E-state index contributed by atoms with van der Waals surface area (Å²) in [7, 11) is 0. The van der Waals surface area contributed by atoms with E-state index in [9.17, 15) is 9.59 Å². The lowest BCUT2D eigenvalue weighted by Crippen LogP contribution is -2.48. The minimum Gasteiger partial charge on any atom is -0.353 e. The zero-order valence-corrected chi connectivity index (χ0v) is 15.3. The monoisotopic (exact) mass is 350 g/mol. The maximum Gasteiger partial charge on any atom is 0.225 e. The van der Waals surface area contributed by atoms with Crippen molar-refractivity contribution in [1.29, 1.82) is 0 Å². The van der Waals surface area contributed by atoms with Gasteiger partial charge in [-0.05, 0) is 43.4 Å². The molecule has 0 bridgehead atoms. The molecule has 0 unspecified atom stereocenters. The highest BCUT2D eigenvalue weighted by atomic mass is 35.5. The second-order valence-electron chi connectivity index (χ2n) is 6.48. The van der Waals surface area contributed by atoms with Crippen LogP contribution in [0.5, 0.6) is 0 Å². The van der Waals surface area contributed by atoms with Crippen molar-refractivity contribution in [1.82, 2.24) is 10.2 Å². The molecule has 1 aromatic rings. The van der Waals surface area contributed by atoms with Crippen molar-refractivity contribution in [3.05, 3.63) is 34.9 Å². The molecule has 4 nitrogen and oxygen atoms in total. The van der Waals surface area contributed by atoms with Gasteiger partial charge in [-0.25, -0.2) is 0 Å². The van der Waals surface area contributed by atoms with Gasteiger partial charge in [0.15, 0.2) is 0 Å². The standard InChI is InChI=1S/C19H27ClN2O2/c1-3-15(4-2)19(24)22-11-9-17(10-12-22)21-18(23)13-14-5-7-16(20)8-6-14/h5-8,15,17H,3-4,9-13H2,1-2H3,(H,21,23). The van der Waals surface area contributed by atoms with Gasteiger partial charge in [-0.15, -0.1) is 0 Å². The fourth-order valence-corrected chi connectivity index (χ4v) is 3.33. The van der Waals surface area contributed by atoms with Gasteiger partial charge in [0, 0.05) is 30.1 Å². The molecular weight excluding hydrogens is 324 g/mol. The molecule has 2 rings (SSSR count). The van der Waals surface area contributed by atoms with Gasteiger partial charge in [0.2, 0.25) is 11.8 Å². The van der Waals surface area contributed by atoms with E-state index in [-0.39, 0.29) is 23.8 Å². The van der Waals surface area contributed by atoms with Crippen LogP contribution >= 0.6 is 11.6 Å². The Morgan fingerprint density at radius 1 is 1.17 bits per heavy atom. The van der Waals surface area contributed by atoms with E-state index in [0.717, 1.165) is 44.3 Å². The molecule has 2 amide bonds. The molecule has 1 saturated heterocycles. The number of carbonyl (C=O) groups excluding carboxylic acids is 2. The second kappa shape index (κ2) is 9.07. The summed E-state index contributed by atoms with van der Waals surface area (Å²) in [5.41, 5.74) is 0.957. The maximum absolute atomic E-state index is 12.4. The van der Waals surface area contributed by atoms with E-state index in [1.807, 2.05) is 17.0 Å². The molecule has 0 radical (unpaired) electrons. The van der Waals surface area contributed by atoms with Crippen molar-refractivity contribution in [2.45, 2.75) is 52.0 Å². The normalized spacial score (nSPS) is 15.6. The Morgan fingerprint density at radius 2 is 1.75 bits per heavy atom. The Hall–Kier alpha value is -1.55. The molecule has 24 heavy (non-hydrogen) atoms. The summed E-state index contributed by atoms with van der Waals surface area (Å²) in [6, 6.07) is 7.51. The van der Waals surface area contributed by atoms with E-state index >= 15 is 0 Å². The number of likely N-dealkylation sites (tertiary alicyclic amines) is 1. The lowest BCUT2D eigenvalue weighted by atomic mass is 9.98. The summed E-state index contributed by atoms with van der Waals surface area (Å²) in [4.78, 5) is 26.5. The molecule has 1 fully saturated rings. The molecule has 0 saturated carbocycles. The summed E-state index contributed by atoms with van der Waals surface area (Å²) >= 11 is 5.85. The van der Waals surface area contributed by atoms with Crippen LogP contribution in [0.25, 0.3) is 0 Å². The van der Waals surface area contributed by atoms with E-state index in [0.29, 0.717) is 11.4 Å². The molecule has 1 heterocycles. The molecule has 132 valence electrons. The van der Waals surface area contributed by atoms with Crippen LogP contribution in [0.3, 0.4) is 0 Å². The van der Waals surface area contributed by atoms with E-state index in [4.69, 9.17) is 11.6 Å². The first-order chi connectivity index (χ1) is 11.5. The quantitative estimate of drug-likeness (QED) is 0.854. The van der Waals surface area contributed by atoms with Crippen LogP contribution in [-0.2, 0) is 16.0 Å². The predicted molar refractivity (Wildman–Crippen MR) is 97.0 cm³/mol. The average molecular weight is 351 g/mol. The molecule has 0 spiro atoms. The van der Waals surface area contributed by atoms with Crippen molar-refractivity contribution in [2.75, 3.05) is 13.1 Å². The second-order valence-corrected chi connectivity index (χ2v) is 6.92. The number of nitrogens with one attached hydrogen (secondary N) is 1. The number of carbonyl (C=O) groups is 2. The third-order valence-corrected chi connectivity index (χ3v) is 5.04. The maximum atomic E-state index is 12.4. The highest BCUT2D eigenvalue weighted by Gasteiger charge is 2.27. The highest BCUT2D eigenvalue weighted by molar-refractivity contribution is 6.30. The summed E-state index contributed by atoms with van der Waals surface area (Å²) in [6.45, 7) is 5.61. The zero-order valence-electron chi connectivity index (χ0n) is 14.6. The van der Waals surface area contributed by atoms with Crippen molar-refractivity contribution in [3.63, 3.8) is 0 Å². The average Bonchev–Trinajstić information content (AvgIpc) is 2.58. The molecule has 1 aliphatic heterocycles. The van der Waals surface area contributed by atoms with Gasteiger partial charge in [-0.3, -0.25) is 9.59 Å². The lowest BCUT2D eigenvalue weighted by molar-refractivity contribution is -0.137. The number of amides is 2. The SMILES string of the molecule is CCC(CC)C(=O)N1CCC(NC(=O)Cc2ccc(Cl)cc2)CC1. The minimum atomic E-state index is 0.0297. The first kappa shape index (κ1) is 18.8. The van der Waals surface area contributed by atoms with Gasteiger partial charge in [0.1, 0.15) is 0 Å². The van der Waals surface area contributed by atoms with E-state index in [2.05, 4.69) is 19.2 Å². The van der Waals surface area contributed by atoms with Crippen LogP contribution in [0, 0.1) is 5.92 Å². The van der Waals surface area contributed by atoms with Crippen LogP contribution < -0.4 is 5.32 Å². The third kappa shape index (κ3) is 5.23. The van der Waals surface area contributed by atoms with Gasteiger partial charge in [-0.1, -0.05) is 37.6 Å². The van der Waals surface area contributed by atoms with E-state index in [1.165, 1.54) is 0 Å². The number of nitrogens with zero attached hydrogens (tertiary/aromatic N) is 1. The van der Waals surface area contributed by atoms with Crippen molar-refractivity contribution < 1.29 is 9.59 Å². The number of rotatable bonds is 6. The van der Waals surface area contributed by atoms with Crippen molar-refractivity contribution >= 4 is 23.4 Å². The molecule has 1 aromatic carbocycles. The first-order valence-corrected chi connectivity index (χ1v) is 9.23. The van der Waals surface area contributed by atoms with Gasteiger partial charge in [-0.2, -0.15) is 0 Å². The topological polar surface area (TPSA) is 49.4 Å². The Labute approximate surface area is 149 Å². The number of piperidine rings is 1. The van der Waals surface area contributed by atoms with Crippen molar-refractivity contribution in [3.8, 4) is 0 Å². The minimum absolute atomic E-state index is 0.0297. The van der Waals surface area contributed by atoms with Gasteiger partial charge in [0.05, 0.1) is 6.42 Å². The zero-order chi connectivity index (χ0) is 17.5. The smallest absolute Gasteiger partial charge is 0.225 e. The third-order valence-electron chi connectivity index (χ3n) is 4.78. The van der Waals surface area contributed by atoms with Crippen LogP contribution in [-0.4, -0.2) is 35.8 Å². The molecule has 5 heteroatoms. The number of halogens is 1. The van der Waals surface area contributed by atoms with Crippen molar-refractivity contribution in [2.24, 2.45) is 5.92 Å². The summed E-state index contributed by atoms with van der Waals surface area (Å²) in [5.74, 6) is 0.439. The molecule has 0 aliphatic carbocycles. The van der Waals surface area contributed by atoms with Crippen LogP contribution in [0.4, 0.5) is 0 Å². The Balaban J connectivity index is 1.77. The Bertz CT molecular complexity index is 547. The molecule has 1 aliphatic rings. The first-order valence-electron chi connectivity index (χ1n) is 8.86. The van der Waals surface area contributed by atoms with Gasteiger partial charge >= 0.3 is 0 Å². The molecule has 0 aromatic heterocycles. The summed E-state index contributed by atoms with van der Waals surface area (Å²) < 4.78 is 0. The Kier molecular flexibility index (Phi) is 7.10. The predicted octanol–water partition coefficient (Wildman–Crippen LogP) is 3.43. The number of benzene rings is 1. The fourth-order valence-electron chi connectivity index (χ4n) is 3.21. The van der Waals surface area contributed by atoms with Gasteiger partial charge in [0.25, 0.3) is 0 Å². The van der Waals surface area contributed by atoms with Crippen LogP contribution in [0.2, 0.25) is 5.02 Å². The largest absolute Gasteiger partial charge is 0.353 e. The lowest BCUT2D eigenvalue weighted by Gasteiger charge is -2.34. The summed E-state index contributed by atoms with van der Waals surface area (Å²) in [6.07, 6.45) is 3.82. The highest BCUT2D eigenvalue weighted by Crippen LogP contribution is 2.17. The van der Waals surface area contributed by atoms with Crippen LogP contribution in [0.15, 0.2) is 24.3 Å². The Morgan fingerprint density at radius 3 is 2.29 bits per heavy atom. The number of hydrogen-bond acceptors (Lipinski definition) is 2. The molecule has 1 N–H and O–H groups in total. The van der Waals surface area contributed by atoms with Crippen LogP contribution in [0.1, 0.15) is 45.1 Å². The number of hydrogen-bond donors (Lipinski definition) is 1. The molecule has 0 atom stereocenters.